The smallest absolute Gasteiger partial charge is 0.256 e. The maximum atomic E-state index is 13.4. The van der Waals surface area contributed by atoms with E-state index in [2.05, 4.69) is 10.3 Å². The maximum Gasteiger partial charge on any atom is 0.256 e. The number of rotatable bonds is 6. The van der Waals surface area contributed by atoms with Crippen LogP contribution in [0.1, 0.15) is 45.5 Å². The fraction of sp³-hybridized carbons (Fsp3) is 0.222. The zero-order valence-electron chi connectivity index (χ0n) is 19.0. The molecule has 2 heterocycles. The van der Waals surface area contributed by atoms with Gasteiger partial charge in [-0.1, -0.05) is 36.0 Å². The van der Waals surface area contributed by atoms with Crippen molar-refractivity contribution in [2.45, 2.75) is 29.4 Å². The van der Waals surface area contributed by atoms with Crippen LogP contribution in [0.15, 0.2) is 71.1 Å². The number of hydrogen-bond acceptors (Lipinski definition) is 5. The monoisotopic (exact) mass is 505 g/mol. The third kappa shape index (κ3) is 5.55. The molecule has 0 aliphatic carbocycles. The SMILES string of the molecule is O=C(Nc1ccc2nc(SCc3cccc(F)c3)sc2c1)c1ccccc1C(=O)N1CCCCC1. The molecular formula is C27H24FN3O2S2. The van der Waals surface area contributed by atoms with E-state index in [0.717, 1.165) is 52.5 Å². The van der Waals surface area contributed by atoms with E-state index in [0.29, 0.717) is 22.6 Å². The van der Waals surface area contributed by atoms with Crippen LogP contribution < -0.4 is 5.32 Å². The molecule has 8 heteroatoms. The first kappa shape index (κ1) is 23.5. The zero-order chi connectivity index (χ0) is 24.2. The van der Waals surface area contributed by atoms with E-state index in [4.69, 9.17) is 0 Å². The van der Waals surface area contributed by atoms with Gasteiger partial charge in [0.05, 0.1) is 21.3 Å². The summed E-state index contributed by atoms with van der Waals surface area (Å²) < 4.78 is 15.2. The van der Waals surface area contributed by atoms with Crippen molar-refractivity contribution in [3.63, 3.8) is 0 Å². The average molecular weight is 506 g/mol. The van der Waals surface area contributed by atoms with Crippen molar-refractivity contribution in [3.8, 4) is 0 Å². The highest BCUT2D eigenvalue weighted by atomic mass is 32.2. The summed E-state index contributed by atoms with van der Waals surface area (Å²) in [7, 11) is 0. The minimum atomic E-state index is -0.310. The van der Waals surface area contributed by atoms with Crippen molar-refractivity contribution in [2.24, 2.45) is 0 Å². The molecule has 0 radical (unpaired) electrons. The predicted octanol–water partition coefficient (Wildman–Crippen LogP) is 6.61. The Morgan fingerprint density at radius 2 is 1.77 bits per heavy atom. The van der Waals surface area contributed by atoms with Gasteiger partial charge in [0.1, 0.15) is 5.82 Å². The number of likely N-dealkylation sites (tertiary alicyclic amines) is 1. The minimum Gasteiger partial charge on any atom is -0.339 e. The number of carbonyl (C=O) groups excluding carboxylic acids is 2. The molecule has 4 aromatic rings. The van der Waals surface area contributed by atoms with Gasteiger partial charge in [0.15, 0.2) is 4.34 Å². The summed E-state index contributed by atoms with van der Waals surface area (Å²) in [5.74, 6) is -0.0148. The maximum absolute atomic E-state index is 13.4. The van der Waals surface area contributed by atoms with E-state index in [1.807, 2.05) is 29.2 Å². The Kier molecular flexibility index (Phi) is 7.11. The Labute approximate surface area is 211 Å². The van der Waals surface area contributed by atoms with E-state index >= 15 is 0 Å². The predicted molar refractivity (Wildman–Crippen MR) is 140 cm³/mol. The fourth-order valence-corrected chi connectivity index (χ4v) is 6.20. The van der Waals surface area contributed by atoms with E-state index in [1.54, 1.807) is 42.1 Å². The van der Waals surface area contributed by atoms with E-state index in [9.17, 15) is 14.0 Å². The molecule has 1 aliphatic rings. The summed E-state index contributed by atoms with van der Waals surface area (Å²) in [6.07, 6.45) is 3.13. The van der Waals surface area contributed by atoms with Crippen LogP contribution in [0.5, 0.6) is 0 Å². The van der Waals surface area contributed by atoms with Crippen LogP contribution in [-0.4, -0.2) is 34.8 Å². The van der Waals surface area contributed by atoms with Crippen LogP contribution in [0.25, 0.3) is 10.2 Å². The molecule has 0 atom stereocenters. The van der Waals surface area contributed by atoms with Crippen LogP contribution in [0, 0.1) is 5.82 Å². The van der Waals surface area contributed by atoms with Crippen LogP contribution >= 0.6 is 23.1 Å². The van der Waals surface area contributed by atoms with Crippen molar-refractivity contribution in [3.05, 3.63) is 89.2 Å². The van der Waals surface area contributed by atoms with Crippen molar-refractivity contribution in [1.82, 2.24) is 9.88 Å². The third-order valence-electron chi connectivity index (χ3n) is 5.92. The summed E-state index contributed by atoms with van der Waals surface area (Å²) in [6, 6.07) is 19.1. The van der Waals surface area contributed by atoms with Gasteiger partial charge in [-0.25, -0.2) is 9.37 Å². The number of fused-ring (bicyclic) bond motifs is 1. The quantitative estimate of drug-likeness (QED) is 0.300. The van der Waals surface area contributed by atoms with Gasteiger partial charge in [0, 0.05) is 24.5 Å². The van der Waals surface area contributed by atoms with Gasteiger partial charge in [-0.05, 0) is 67.3 Å². The standard InChI is InChI=1S/C27H24FN3O2S2/c28-19-8-6-7-18(15-19)17-34-27-30-23-12-11-20(16-24(23)35-27)29-25(32)21-9-2-3-10-22(21)26(33)31-13-4-1-5-14-31/h2-3,6-12,15-16H,1,4-5,13-14,17H2,(H,29,32). The normalized spacial score (nSPS) is 13.7. The summed E-state index contributed by atoms with van der Waals surface area (Å²) in [5, 5.41) is 2.94. The lowest BCUT2D eigenvalue weighted by Gasteiger charge is -2.27. The number of piperidine rings is 1. The number of nitrogens with zero attached hydrogens (tertiary/aromatic N) is 2. The van der Waals surface area contributed by atoms with Crippen LogP contribution in [0.3, 0.4) is 0 Å². The summed E-state index contributed by atoms with van der Waals surface area (Å²) in [6.45, 7) is 1.47. The fourth-order valence-electron chi connectivity index (χ4n) is 4.15. The highest BCUT2D eigenvalue weighted by Crippen LogP contribution is 2.33. The molecule has 0 bridgehead atoms. The number of thioether (sulfide) groups is 1. The number of aromatic nitrogens is 1. The summed E-state index contributed by atoms with van der Waals surface area (Å²) in [5.41, 5.74) is 3.20. The molecule has 1 saturated heterocycles. The Morgan fingerprint density at radius 3 is 2.57 bits per heavy atom. The van der Waals surface area contributed by atoms with Crippen molar-refractivity contribution in [1.29, 1.82) is 0 Å². The summed E-state index contributed by atoms with van der Waals surface area (Å²) >= 11 is 3.09. The number of halogens is 1. The number of carbonyl (C=O) groups is 2. The van der Waals surface area contributed by atoms with E-state index in [-0.39, 0.29) is 17.6 Å². The molecule has 1 aromatic heterocycles. The summed E-state index contributed by atoms with van der Waals surface area (Å²) in [4.78, 5) is 32.7. The number of amides is 2. The lowest BCUT2D eigenvalue weighted by atomic mass is 10.0. The first-order chi connectivity index (χ1) is 17.1. The van der Waals surface area contributed by atoms with E-state index < -0.39 is 0 Å². The van der Waals surface area contributed by atoms with Crippen molar-refractivity contribution in [2.75, 3.05) is 18.4 Å². The largest absolute Gasteiger partial charge is 0.339 e. The first-order valence-electron chi connectivity index (χ1n) is 11.5. The second kappa shape index (κ2) is 10.6. The van der Waals surface area contributed by atoms with Gasteiger partial charge in [-0.15, -0.1) is 11.3 Å². The van der Waals surface area contributed by atoms with Crippen LogP contribution in [0.4, 0.5) is 10.1 Å². The Morgan fingerprint density at radius 1 is 0.971 bits per heavy atom. The highest BCUT2D eigenvalue weighted by molar-refractivity contribution is 8.00. The van der Waals surface area contributed by atoms with Crippen LogP contribution in [-0.2, 0) is 5.75 Å². The molecule has 2 amide bonds. The second-order valence-electron chi connectivity index (χ2n) is 8.43. The molecule has 0 unspecified atom stereocenters. The number of thiazole rings is 1. The van der Waals surface area contributed by atoms with Gasteiger partial charge < -0.3 is 10.2 Å². The lowest BCUT2D eigenvalue weighted by Crippen LogP contribution is -2.36. The Hall–Kier alpha value is -3.23. The molecule has 178 valence electrons. The number of benzene rings is 3. The molecule has 5 rings (SSSR count). The number of hydrogen-bond donors (Lipinski definition) is 1. The van der Waals surface area contributed by atoms with Gasteiger partial charge in [-0.3, -0.25) is 9.59 Å². The van der Waals surface area contributed by atoms with Crippen molar-refractivity contribution >= 4 is 50.8 Å². The third-order valence-corrected chi connectivity index (χ3v) is 8.16. The lowest BCUT2D eigenvalue weighted by molar-refractivity contribution is 0.0720. The highest BCUT2D eigenvalue weighted by Gasteiger charge is 2.23. The van der Waals surface area contributed by atoms with E-state index in [1.165, 1.54) is 23.5 Å². The topological polar surface area (TPSA) is 62.3 Å². The molecule has 1 aliphatic heterocycles. The van der Waals surface area contributed by atoms with Gasteiger partial charge >= 0.3 is 0 Å². The number of nitrogens with one attached hydrogen (secondary N) is 1. The Bertz CT molecular complexity index is 1380. The second-order valence-corrected chi connectivity index (χ2v) is 10.7. The molecule has 1 N–H and O–H groups in total. The van der Waals surface area contributed by atoms with Gasteiger partial charge in [-0.2, -0.15) is 0 Å². The average Bonchev–Trinajstić information content (AvgIpc) is 3.30. The Balaban J connectivity index is 1.30. The van der Waals surface area contributed by atoms with Gasteiger partial charge in [0.2, 0.25) is 0 Å². The molecule has 3 aromatic carbocycles. The molecule has 0 spiro atoms. The molecule has 1 fully saturated rings. The number of anilines is 1. The van der Waals surface area contributed by atoms with Crippen LogP contribution in [0.2, 0.25) is 0 Å². The zero-order valence-corrected chi connectivity index (χ0v) is 20.6. The minimum absolute atomic E-state index is 0.0895. The molecule has 35 heavy (non-hydrogen) atoms. The molecular weight excluding hydrogens is 481 g/mol. The first-order valence-corrected chi connectivity index (χ1v) is 13.3. The van der Waals surface area contributed by atoms with Gasteiger partial charge in [0.25, 0.3) is 11.8 Å². The molecule has 0 saturated carbocycles. The molecule has 5 nitrogen and oxygen atoms in total. The van der Waals surface area contributed by atoms with Crippen molar-refractivity contribution < 1.29 is 14.0 Å².